The van der Waals surface area contributed by atoms with E-state index >= 15 is 0 Å². The van der Waals surface area contributed by atoms with Gasteiger partial charge in [-0.25, -0.2) is 13.4 Å². The van der Waals surface area contributed by atoms with Crippen molar-refractivity contribution in [3.63, 3.8) is 0 Å². The lowest BCUT2D eigenvalue weighted by Gasteiger charge is -2.23. The van der Waals surface area contributed by atoms with Gasteiger partial charge < -0.3 is 4.90 Å². The molecule has 0 radical (unpaired) electrons. The van der Waals surface area contributed by atoms with Gasteiger partial charge in [0.15, 0.2) is 5.78 Å². The molecule has 0 bridgehead atoms. The maximum Gasteiger partial charge on any atom is 0.417 e. The molecule has 0 atom stereocenters. The van der Waals surface area contributed by atoms with Crippen molar-refractivity contribution in [3.05, 3.63) is 53.7 Å². The Labute approximate surface area is 167 Å². The zero-order valence-corrected chi connectivity index (χ0v) is 16.5. The first kappa shape index (κ1) is 21.3. The molecule has 0 spiro atoms. The van der Waals surface area contributed by atoms with E-state index in [1.165, 1.54) is 41.6 Å². The predicted molar refractivity (Wildman–Crippen MR) is 101 cm³/mol. The third-order valence-electron chi connectivity index (χ3n) is 4.75. The molecule has 1 aromatic heterocycles. The molecule has 29 heavy (non-hydrogen) atoms. The summed E-state index contributed by atoms with van der Waals surface area (Å²) in [7, 11) is -3.73. The van der Waals surface area contributed by atoms with Gasteiger partial charge in [-0.15, -0.1) is 0 Å². The minimum Gasteiger partial charge on any atom is -0.355 e. The summed E-state index contributed by atoms with van der Waals surface area (Å²) < 4.78 is 65.2. The number of benzene rings is 1. The standard InChI is InChI=1S/C19H20F3N3O3S/c1-14(26)15-3-6-17(7-4-15)29(27,28)25-10-2-9-24(11-12-25)18-8-5-16(13-23-18)19(20,21)22/h3-8,13H,2,9-12H2,1H3. The number of halogens is 3. The summed E-state index contributed by atoms with van der Waals surface area (Å²) >= 11 is 0. The number of carbonyl (C=O) groups excluding carboxylic acids is 1. The van der Waals surface area contributed by atoms with Gasteiger partial charge >= 0.3 is 6.18 Å². The Morgan fingerprint density at radius 3 is 2.24 bits per heavy atom. The molecule has 1 aliphatic rings. The van der Waals surface area contributed by atoms with E-state index in [2.05, 4.69) is 4.98 Å². The largest absolute Gasteiger partial charge is 0.417 e. The number of anilines is 1. The molecule has 156 valence electrons. The van der Waals surface area contributed by atoms with Gasteiger partial charge in [0.25, 0.3) is 0 Å². The summed E-state index contributed by atoms with van der Waals surface area (Å²) in [5, 5.41) is 0. The molecule has 0 saturated carbocycles. The van der Waals surface area contributed by atoms with Gasteiger partial charge in [0.05, 0.1) is 10.5 Å². The Morgan fingerprint density at radius 1 is 1.00 bits per heavy atom. The van der Waals surface area contributed by atoms with Crippen LogP contribution in [0.25, 0.3) is 0 Å². The van der Waals surface area contributed by atoms with Gasteiger partial charge in [-0.1, -0.05) is 12.1 Å². The lowest BCUT2D eigenvalue weighted by molar-refractivity contribution is -0.137. The van der Waals surface area contributed by atoms with E-state index in [0.29, 0.717) is 30.9 Å². The molecule has 2 aromatic rings. The van der Waals surface area contributed by atoms with Crippen molar-refractivity contribution in [2.24, 2.45) is 0 Å². The molecule has 1 saturated heterocycles. The van der Waals surface area contributed by atoms with Gasteiger partial charge in [-0.2, -0.15) is 17.5 Å². The van der Waals surface area contributed by atoms with Crippen LogP contribution >= 0.6 is 0 Å². The Balaban J connectivity index is 1.72. The van der Waals surface area contributed by atoms with Crippen LogP contribution in [0, 0.1) is 0 Å². The van der Waals surface area contributed by atoms with E-state index in [-0.39, 0.29) is 23.8 Å². The summed E-state index contributed by atoms with van der Waals surface area (Å²) in [4.78, 5) is 17.1. The number of nitrogens with zero attached hydrogens (tertiary/aromatic N) is 3. The van der Waals surface area contributed by atoms with E-state index in [9.17, 15) is 26.4 Å². The molecule has 0 aliphatic carbocycles. The quantitative estimate of drug-likeness (QED) is 0.701. The number of rotatable bonds is 4. The number of Topliss-reactive ketones (excluding diaryl/α,β-unsaturated/α-hetero) is 1. The molecule has 0 unspecified atom stereocenters. The molecule has 0 amide bonds. The highest BCUT2D eigenvalue weighted by Crippen LogP contribution is 2.29. The lowest BCUT2D eigenvalue weighted by Crippen LogP contribution is -2.35. The van der Waals surface area contributed by atoms with Crippen molar-refractivity contribution in [1.82, 2.24) is 9.29 Å². The summed E-state index contributed by atoms with van der Waals surface area (Å²) in [6.45, 7) is 2.66. The van der Waals surface area contributed by atoms with Crippen molar-refractivity contribution in [2.45, 2.75) is 24.4 Å². The third kappa shape index (κ3) is 4.76. The topological polar surface area (TPSA) is 70.6 Å². The number of aromatic nitrogens is 1. The highest BCUT2D eigenvalue weighted by atomic mass is 32.2. The average Bonchev–Trinajstić information content (AvgIpc) is 2.94. The Bertz CT molecular complexity index is 974. The lowest BCUT2D eigenvalue weighted by atomic mass is 10.2. The number of alkyl halides is 3. The third-order valence-corrected chi connectivity index (χ3v) is 6.67. The second-order valence-corrected chi connectivity index (χ2v) is 8.67. The summed E-state index contributed by atoms with van der Waals surface area (Å²) in [5.74, 6) is 0.228. The Morgan fingerprint density at radius 2 is 1.69 bits per heavy atom. The summed E-state index contributed by atoms with van der Waals surface area (Å²) in [5.41, 5.74) is -0.395. The van der Waals surface area contributed by atoms with Crippen molar-refractivity contribution in [2.75, 3.05) is 31.1 Å². The molecule has 2 heterocycles. The average molecular weight is 427 g/mol. The number of carbonyl (C=O) groups is 1. The number of pyridine rings is 1. The summed E-state index contributed by atoms with van der Waals surface area (Å²) in [6.07, 6.45) is -3.16. The van der Waals surface area contributed by atoms with Crippen molar-refractivity contribution in [3.8, 4) is 0 Å². The fourth-order valence-corrected chi connectivity index (χ4v) is 4.58. The molecule has 3 rings (SSSR count). The second-order valence-electron chi connectivity index (χ2n) is 6.73. The second kappa shape index (κ2) is 8.11. The number of hydrogen-bond acceptors (Lipinski definition) is 5. The van der Waals surface area contributed by atoms with Crippen molar-refractivity contribution < 1.29 is 26.4 Å². The van der Waals surface area contributed by atoms with Crippen LogP contribution in [-0.2, 0) is 16.2 Å². The van der Waals surface area contributed by atoms with Gasteiger partial charge in [-0.3, -0.25) is 4.79 Å². The van der Waals surface area contributed by atoms with E-state index in [4.69, 9.17) is 0 Å². The molecular weight excluding hydrogens is 407 g/mol. The first-order valence-corrected chi connectivity index (χ1v) is 10.4. The van der Waals surface area contributed by atoms with Crippen LogP contribution in [0.2, 0.25) is 0 Å². The van der Waals surface area contributed by atoms with Crippen LogP contribution in [0.1, 0.15) is 29.3 Å². The molecular formula is C19H20F3N3O3S. The number of ketones is 1. The van der Waals surface area contributed by atoms with E-state index in [1.807, 2.05) is 0 Å². The SMILES string of the molecule is CC(=O)c1ccc(S(=O)(=O)N2CCCN(c3ccc(C(F)(F)F)cn3)CC2)cc1. The predicted octanol–water partition coefficient (Wildman–Crippen LogP) is 3.20. The molecule has 1 aliphatic heterocycles. The normalized spacial score (nSPS) is 16.5. The van der Waals surface area contributed by atoms with Gasteiger partial charge in [0.2, 0.25) is 10.0 Å². The Hall–Kier alpha value is -2.46. The molecule has 1 aromatic carbocycles. The molecule has 1 fully saturated rings. The fraction of sp³-hybridized carbons (Fsp3) is 0.368. The zero-order chi connectivity index (χ0) is 21.2. The number of hydrogen-bond donors (Lipinski definition) is 0. The zero-order valence-electron chi connectivity index (χ0n) is 15.7. The van der Waals surface area contributed by atoms with Gasteiger partial charge in [0, 0.05) is 37.9 Å². The van der Waals surface area contributed by atoms with Gasteiger partial charge in [0.1, 0.15) is 5.82 Å². The first-order valence-electron chi connectivity index (χ1n) is 8.98. The smallest absolute Gasteiger partial charge is 0.355 e. The monoisotopic (exact) mass is 427 g/mol. The summed E-state index contributed by atoms with van der Waals surface area (Å²) in [6, 6.07) is 8.04. The molecule has 10 heteroatoms. The molecule has 0 N–H and O–H groups in total. The maximum atomic E-state index is 12.9. The van der Waals surface area contributed by atoms with Crippen LogP contribution in [0.3, 0.4) is 0 Å². The molecule has 6 nitrogen and oxygen atoms in total. The Kier molecular flexibility index (Phi) is 5.95. The van der Waals surface area contributed by atoms with Gasteiger partial charge in [-0.05, 0) is 37.6 Å². The minimum atomic E-state index is -4.45. The minimum absolute atomic E-state index is 0.101. The van der Waals surface area contributed by atoms with E-state index in [0.717, 1.165) is 12.3 Å². The van der Waals surface area contributed by atoms with Crippen LogP contribution in [-0.4, -0.2) is 49.7 Å². The van der Waals surface area contributed by atoms with E-state index in [1.54, 1.807) is 4.90 Å². The van der Waals surface area contributed by atoms with Crippen molar-refractivity contribution >= 4 is 21.6 Å². The van der Waals surface area contributed by atoms with Crippen LogP contribution in [0.4, 0.5) is 19.0 Å². The highest BCUT2D eigenvalue weighted by Gasteiger charge is 2.31. The van der Waals surface area contributed by atoms with Crippen molar-refractivity contribution in [1.29, 1.82) is 0 Å². The fourth-order valence-electron chi connectivity index (χ4n) is 3.11. The van der Waals surface area contributed by atoms with E-state index < -0.39 is 21.8 Å². The van der Waals surface area contributed by atoms with Crippen LogP contribution in [0.15, 0.2) is 47.5 Å². The first-order chi connectivity index (χ1) is 13.6. The highest BCUT2D eigenvalue weighted by molar-refractivity contribution is 7.89. The van der Waals surface area contributed by atoms with Crippen LogP contribution in [0.5, 0.6) is 0 Å². The number of sulfonamides is 1. The maximum absolute atomic E-state index is 12.9. The van der Waals surface area contributed by atoms with Crippen LogP contribution < -0.4 is 4.90 Å².